The van der Waals surface area contributed by atoms with Gasteiger partial charge in [0, 0.05) is 13.1 Å². The van der Waals surface area contributed by atoms with Gasteiger partial charge in [0.25, 0.3) is 0 Å². The molecule has 6 heteroatoms. The summed E-state index contributed by atoms with van der Waals surface area (Å²) in [7, 11) is 1.89. The van der Waals surface area contributed by atoms with Crippen molar-refractivity contribution in [3.63, 3.8) is 0 Å². The third-order valence-electron chi connectivity index (χ3n) is 3.07. The molecule has 2 aromatic rings. The van der Waals surface area contributed by atoms with Gasteiger partial charge in [0.05, 0.1) is 35.5 Å². The van der Waals surface area contributed by atoms with E-state index >= 15 is 0 Å². The Bertz CT molecular complexity index is 537. The molecule has 0 radical (unpaired) electrons. The molecule has 0 amide bonds. The predicted octanol–water partition coefficient (Wildman–Crippen LogP) is 1.82. The predicted molar refractivity (Wildman–Crippen MR) is 70.4 cm³/mol. The van der Waals surface area contributed by atoms with Crippen LogP contribution in [-0.2, 0) is 13.6 Å². The van der Waals surface area contributed by atoms with Crippen molar-refractivity contribution in [1.29, 1.82) is 0 Å². The Labute approximate surface area is 107 Å². The van der Waals surface area contributed by atoms with Gasteiger partial charge in [-0.05, 0) is 27.7 Å². The Kier molecular flexibility index (Phi) is 3.36. The standard InChI is InChI=1S/C12H20N6/c1-8(2)18-10(4)12(9(3)15-18)13-6-11-7-14-16-17(11)5/h7-8,13H,6H2,1-5H3. The molecule has 1 N–H and O–H groups in total. The van der Waals surface area contributed by atoms with Crippen LogP contribution in [0, 0.1) is 13.8 Å². The fourth-order valence-corrected chi connectivity index (χ4v) is 2.07. The van der Waals surface area contributed by atoms with Crippen LogP contribution in [-0.4, -0.2) is 24.8 Å². The second-order valence-electron chi connectivity index (χ2n) is 4.79. The Morgan fingerprint density at radius 2 is 2.06 bits per heavy atom. The summed E-state index contributed by atoms with van der Waals surface area (Å²) in [6.45, 7) is 9.08. The summed E-state index contributed by atoms with van der Waals surface area (Å²) in [5.74, 6) is 0. The zero-order chi connectivity index (χ0) is 13.3. The van der Waals surface area contributed by atoms with Crippen molar-refractivity contribution in [2.75, 3.05) is 5.32 Å². The molecule has 0 fully saturated rings. The van der Waals surface area contributed by atoms with Crippen LogP contribution in [0.1, 0.15) is 37.0 Å². The van der Waals surface area contributed by atoms with Gasteiger partial charge in [-0.1, -0.05) is 5.21 Å². The lowest BCUT2D eigenvalue weighted by Gasteiger charge is -2.09. The van der Waals surface area contributed by atoms with Gasteiger partial charge < -0.3 is 5.32 Å². The number of anilines is 1. The monoisotopic (exact) mass is 248 g/mol. The summed E-state index contributed by atoms with van der Waals surface area (Å²) in [6, 6.07) is 0.373. The van der Waals surface area contributed by atoms with Gasteiger partial charge in [-0.3, -0.25) is 9.36 Å². The first-order chi connectivity index (χ1) is 8.50. The van der Waals surface area contributed by atoms with E-state index in [4.69, 9.17) is 0 Å². The van der Waals surface area contributed by atoms with Gasteiger partial charge in [0.15, 0.2) is 0 Å². The fraction of sp³-hybridized carbons (Fsp3) is 0.583. The number of nitrogens with zero attached hydrogens (tertiary/aromatic N) is 5. The molecule has 98 valence electrons. The highest BCUT2D eigenvalue weighted by Gasteiger charge is 2.13. The SMILES string of the molecule is Cc1nn(C(C)C)c(C)c1NCc1cnnn1C. The lowest BCUT2D eigenvalue weighted by molar-refractivity contribution is 0.516. The molecular weight excluding hydrogens is 228 g/mol. The smallest absolute Gasteiger partial charge is 0.0828 e. The zero-order valence-electron chi connectivity index (χ0n) is 11.6. The Morgan fingerprint density at radius 1 is 1.33 bits per heavy atom. The molecule has 2 rings (SSSR count). The number of nitrogens with one attached hydrogen (secondary N) is 1. The van der Waals surface area contributed by atoms with Crippen molar-refractivity contribution < 1.29 is 0 Å². The maximum atomic E-state index is 4.55. The van der Waals surface area contributed by atoms with E-state index in [0.717, 1.165) is 22.8 Å². The van der Waals surface area contributed by atoms with Crippen LogP contribution in [0.15, 0.2) is 6.20 Å². The Balaban J connectivity index is 2.17. The van der Waals surface area contributed by atoms with Crippen LogP contribution in [0.3, 0.4) is 0 Å². The van der Waals surface area contributed by atoms with Crippen LogP contribution < -0.4 is 5.32 Å². The molecule has 0 aliphatic heterocycles. The average molecular weight is 248 g/mol. The minimum Gasteiger partial charge on any atom is -0.376 e. The number of rotatable bonds is 4. The lowest BCUT2D eigenvalue weighted by Crippen LogP contribution is -2.08. The summed E-state index contributed by atoms with van der Waals surface area (Å²) < 4.78 is 3.81. The third kappa shape index (κ3) is 2.23. The number of hydrogen-bond acceptors (Lipinski definition) is 4. The number of aryl methyl sites for hydroxylation is 2. The molecule has 0 aliphatic carbocycles. The van der Waals surface area contributed by atoms with E-state index in [9.17, 15) is 0 Å². The van der Waals surface area contributed by atoms with E-state index < -0.39 is 0 Å². The van der Waals surface area contributed by atoms with Crippen molar-refractivity contribution in [2.24, 2.45) is 7.05 Å². The molecule has 0 saturated carbocycles. The Hall–Kier alpha value is -1.85. The van der Waals surface area contributed by atoms with Crippen LogP contribution in [0.2, 0.25) is 0 Å². The first-order valence-electron chi connectivity index (χ1n) is 6.13. The van der Waals surface area contributed by atoms with Gasteiger partial charge >= 0.3 is 0 Å². The maximum absolute atomic E-state index is 4.55. The lowest BCUT2D eigenvalue weighted by atomic mass is 10.3. The molecule has 0 spiro atoms. The molecule has 18 heavy (non-hydrogen) atoms. The van der Waals surface area contributed by atoms with Crippen LogP contribution in [0.5, 0.6) is 0 Å². The molecule has 6 nitrogen and oxygen atoms in total. The Morgan fingerprint density at radius 3 is 2.56 bits per heavy atom. The van der Waals surface area contributed by atoms with Crippen molar-refractivity contribution in [2.45, 2.75) is 40.3 Å². The largest absolute Gasteiger partial charge is 0.376 e. The van der Waals surface area contributed by atoms with Crippen molar-refractivity contribution in [3.8, 4) is 0 Å². The normalized spacial score (nSPS) is 11.2. The molecule has 0 bridgehead atoms. The fourth-order valence-electron chi connectivity index (χ4n) is 2.07. The van der Waals surface area contributed by atoms with Gasteiger partial charge in [0.1, 0.15) is 0 Å². The average Bonchev–Trinajstić information content (AvgIpc) is 2.82. The molecule has 2 heterocycles. The topological polar surface area (TPSA) is 60.6 Å². The number of aromatic nitrogens is 5. The second-order valence-corrected chi connectivity index (χ2v) is 4.79. The van der Waals surface area contributed by atoms with Crippen molar-refractivity contribution in [1.82, 2.24) is 24.8 Å². The van der Waals surface area contributed by atoms with E-state index in [1.807, 2.05) is 18.7 Å². The molecule has 0 aliphatic rings. The van der Waals surface area contributed by atoms with Crippen LogP contribution in [0.25, 0.3) is 0 Å². The summed E-state index contributed by atoms with van der Waals surface area (Å²) in [4.78, 5) is 0. The molecule has 2 aromatic heterocycles. The quantitative estimate of drug-likeness (QED) is 0.896. The molecule has 0 saturated heterocycles. The van der Waals surface area contributed by atoms with E-state index in [1.165, 1.54) is 0 Å². The number of hydrogen-bond donors (Lipinski definition) is 1. The van der Waals surface area contributed by atoms with Crippen molar-refractivity contribution >= 4 is 5.69 Å². The zero-order valence-corrected chi connectivity index (χ0v) is 11.6. The maximum Gasteiger partial charge on any atom is 0.0828 e. The van der Waals surface area contributed by atoms with Crippen LogP contribution in [0.4, 0.5) is 5.69 Å². The van der Waals surface area contributed by atoms with Crippen LogP contribution >= 0.6 is 0 Å². The highest BCUT2D eigenvalue weighted by atomic mass is 15.4. The van der Waals surface area contributed by atoms with E-state index in [2.05, 4.69) is 41.5 Å². The first kappa shape index (κ1) is 12.6. The van der Waals surface area contributed by atoms with Gasteiger partial charge in [0.2, 0.25) is 0 Å². The summed E-state index contributed by atoms with van der Waals surface area (Å²) in [6.07, 6.45) is 1.77. The van der Waals surface area contributed by atoms with Gasteiger partial charge in [-0.15, -0.1) is 5.10 Å². The highest BCUT2D eigenvalue weighted by molar-refractivity contribution is 5.52. The molecule has 0 atom stereocenters. The first-order valence-corrected chi connectivity index (χ1v) is 6.13. The molecule has 0 unspecified atom stereocenters. The minimum atomic E-state index is 0.373. The molecule has 0 aromatic carbocycles. The summed E-state index contributed by atoms with van der Waals surface area (Å²) in [5.41, 5.74) is 4.34. The van der Waals surface area contributed by atoms with Crippen molar-refractivity contribution in [3.05, 3.63) is 23.3 Å². The van der Waals surface area contributed by atoms with E-state index in [1.54, 1.807) is 10.9 Å². The molecular formula is C12H20N6. The second kappa shape index (κ2) is 4.80. The minimum absolute atomic E-state index is 0.373. The summed E-state index contributed by atoms with van der Waals surface area (Å²) in [5, 5.41) is 15.7. The third-order valence-corrected chi connectivity index (χ3v) is 3.07. The summed E-state index contributed by atoms with van der Waals surface area (Å²) >= 11 is 0. The van der Waals surface area contributed by atoms with Gasteiger partial charge in [-0.25, -0.2) is 0 Å². The highest BCUT2D eigenvalue weighted by Crippen LogP contribution is 2.22. The van der Waals surface area contributed by atoms with E-state index in [-0.39, 0.29) is 0 Å². The van der Waals surface area contributed by atoms with Gasteiger partial charge in [-0.2, -0.15) is 5.10 Å². The van der Waals surface area contributed by atoms with E-state index in [0.29, 0.717) is 12.6 Å².